The van der Waals surface area contributed by atoms with E-state index in [4.69, 9.17) is 10.5 Å². The second-order valence-corrected chi connectivity index (χ2v) is 3.65. The van der Waals surface area contributed by atoms with Crippen molar-refractivity contribution in [1.82, 2.24) is 9.55 Å². The Morgan fingerprint density at radius 3 is 2.71 bits per heavy atom. The van der Waals surface area contributed by atoms with Gasteiger partial charge in [-0.15, -0.1) is 0 Å². The molecule has 0 radical (unpaired) electrons. The average molecular weight is 241 g/mol. The number of aliphatic hydroxyl groups is 2. The first-order valence-corrected chi connectivity index (χ1v) is 4.86. The monoisotopic (exact) mass is 241 g/mol. The number of aromatic nitrogens is 2. The highest BCUT2D eigenvalue weighted by Crippen LogP contribution is 2.27. The van der Waals surface area contributed by atoms with Gasteiger partial charge in [0, 0.05) is 6.20 Å². The standard InChI is InChI=1S/C9H11N3O5/c10-5-1-2-12(9(16)11-5)8-7(15)6(14)4(3-13)17-8/h1-4,6-8,14-15H,(H2,10,11,16)/t4-,6-,7-,8-/m1/s1. The van der Waals surface area contributed by atoms with E-state index in [0.717, 1.165) is 4.57 Å². The number of nitrogens with two attached hydrogens (primary N) is 1. The van der Waals surface area contributed by atoms with Gasteiger partial charge in [-0.2, -0.15) is 4.98 Å². The fourth-order valence-corrected chi connectivity index (χ4v) is 1.65. The van der Waals surface area contributed by atoms with Gasteiger partial charge in [-0.1, -0.05) is 0 Å². The molecule has 0 saturated carbocycles. The van der Waals surface area contributed by atoms with E-state index in [1.807, 2.05) is 0 Å². The molecule has 2 rings (SSSR count). The largest absolute Gasteiger partial charge is 0.387 e. The van der Waals surface area contributed by atoms with Gasteiger partial charge in [0.1, 0.15) is 24.1 Å². The summed E-state index contributed by atoms with van der Waals surface area (Å²) in [6.45, 7) is 0. The summed E-state index contributed by atoms with van der Waals surface area (Å²) in [7, 11) is 0. The number of aliphatic hydroxyl groups excluding tert-OH is 2. The molecule has 8 nitrogen and oxygen atoms in total. The van der Waals surface area contributed by atoms with Crippen molar-refractivity contribution < 1.29 is 19.7 Å². The molecular weight excluding hydrogens is 230 g/mol. The highest BCUT2D eigenvalue weighted by Gasteiger charge is 2.43. The van der Waals surface area contributed by atoms with Crippen molar-refractivity contribution in [3.63, 3.8) is 0 Å². The number of ether oxygens (including phenoxy) is 1. The fourth-order valence-electron chi connectivity index (χ4n) is 1.65. The minimum Gasteiger partial charge on any atom is -0.387 e. The van der Waals surface area contributed by atoms with Gasteiger partial charge in [-0.3, -0.25) is 4.57 Å². The molecule has 4 N–H and O–H groups in total. The van der Waals surface area contributed by atoms with Crippen molar-refractivity contribution in [3.8, 4) is 0 Å². The number of hydrogen-bond acceptors (Lipinski definition) is 7. The summed E-state index contributed by atoms with van der Waals surface area (Å²) in [6.07, 6.45) is -3.43. The molecule has 0 bridgehead atoms. The lowest BCUT2D eigenvalue weighted by Gasteiger charge is -2.16. The number of anilines is 1. The molecule has 0 unspecified atom stereocenters. The normalized spacial score (nSPS) is 32.6. The van der Waals surface area contributed by atoms with E-state index in [0.29, 0.717) is 6.29 Å². The zero-order valence-electron chi connectivity index (χ0n) is 8.63. The topological polar surface area (TPSA) is 128 Å². The molecule has 1 saturated heterocycles. The lowest BCUT2D eigenvalue weighted by molar-refractivity contribution is -0.122. The van der Waals surface area contributed by atoms with Gasteiger partial charge < -0.3 is 25.5 Å². The van der Waals surface area contributed by atoms with Gasteiger partial charge in [0.2, 0.25) is 0 Å². The lowest BCUT2D eigenvalue weighted by atomic mass is 10.1. The Hall–Kier alpha value is -1.77. The summed E-state index contributed by atoms with van der Waals surface area (Å²) in [5, 5.41) is 19.1. The fraction of sp³-hybridized carbons (Fsp3) is 0.444. The Morgan fingerprint density at radius 1 is 1.47 bits per heavy atom. The molecule has 0 amide bonds. The minimum atomic E-state index is -1.38. The quantitative estimate of drug-likeness (QED) is 0.494. The molecule has 2 heterocycles. The van der Waals surface area contributed by atoms with E-state index < -0.39 is 30.2 Å². The Balaban J connectivity index is 2.35. The molecule has 4 atom stereocenters. The van der Waals surface area contributed by atoms with Crippen LogP contribution in [0.2, 0.25) is 0 Å². The first kappa shape index (κ1) is 11.7. The average Bonchev–Trinajstić information content (AvgIpc) is 2.57. The van der Waals surface area contributed by atoms with Crippen molar-refractivity contribution in [1.29, 1.82) is 0 Å². The third-order valence-corrected chi connectivity index (χ3v) is 2.54. The summed E-state index contributed by atoms with van der Waals surface area (Å²) in [4.78, 5) is 25.5. The Kier molecular flexibility index (Phi) is 2.92. The number of carbonyl (C=O) groups is 1. The Bertz CT molecular complexity index is 488. The SMILES string of the molecule is Nc1ccn([C@@H]2O[C@H](C=O)[C@@H](O)[C@H]2O)c(=O)n1. The van der Waals surface area contributed by atoms with Crippen LogP contribution in [0.15, 0.2) is 17.1 Å². The summed E-state index contributed by atoms with van der Waals surface area (Å²) in [6, 6.07) is 1.35. The molecule has 0 aromatic carbocycles. The van der Waals surface area contributed by atoms with E-state index in [2.05, 4.69) is 4.98 Å². The zero-order chi connectivity index (χ0) is 12.6. The first-order chi connectivity index (χ1) is 8.04. The van der Waals surface area contributed by atoms with Gasteiger partial charge >= 0.3 is 5.69 Å². The Labute approximate surface area is 95.3 Å². The first-order valence-electron chi connectivity index (χ1n) is 4.86. The number of nitrogens with zero attached hydrogens (tertiary/aromatic N) is 2. The molecule has 0 aliphatic carbocycles. The van der Waals surface area contributed by atoms with Crippen LogP contribution < -0.4 is 11.4 Å². The number of aldehydes is 1. The summed E-state index contributed by atoms with van der Waals surface area (Å²) < 4.78 is 6.02. The molecule has 1 aromatic heterocycles. The number of hydrogen-bond donors (Lipinski definition) is 3. The number of carbonyl (C=O) groups excluding carboxylic acids is 1. The van der Waals surface area contributed by atoms with Crippen LogP contribution in [0.3, 0.4) is 0 Å². The van der Waals surface area contributed by atoms with Crippen molar-refractivity contribution >= 4 is 12.1 Å². The summed E-state index contributed by atoms with van der Waals surface area (Å²) in [5.74, 6) is 0.0335. The van der Waals surface area contributed by atoms with Crippen LogP contribution in [0.25, 0.3) is 0 Å². The van der Waals surface area contributed by atoms with Gasteiger partial charge in [0.15, 0.2) is 12.5 Å². The molecule has 0 spiro atoms. The summed E-state index contributed by atoms with van der Waals surface area (Å²) >= 11 is 0. The molecule has 1 fully saturated rings. The molecule has 8 heteroatoms. The highest BCUT2D eigenvalue weighted by molar-refractivity contribution is 5.58. The molecular formula is C9H11N3O5. The van der Waals surface area contributed by atoms with Crippen LogP contribution >= 0.6 is 0 Å². The lowest BCUT2D eigenvalue weighted by Crippen LogP contribution is -2.35. The minimum absolute atomic E-state index is 0.0335. The van der Waals surface area contributed by atoms with Gasteiger partial charge in [0.25, 0.3) is 0 Å². The van der Waals surface area contributed by atoms with Crippen LogP contribution in [0.4, 0.5) is 5.82 Å². The predicted octanol–water partition coefficient (Wildman–Crippen LogP) is -2.36. The van der Waals surface area contributed by atoms with E-state index in [1.54, 1.807) is 0 Å². The van der Waals surface area contributed by atoms with Crippen molar-refractivity contribution in [2.75, 3.05) is 5.73 Å². The highest BCUT2D eigenvalue weighted by atomic mass is 16.6. The van der Waals surface area contributed by atoms with E-state index in [-0.39, 0.29) is 5.82 Å². The van der Waals surface area contributed by atoms with Gasteiger partial charge in [-0.05, 0) is 6.07 Å². The predicted molar refractivity (Wildman–Crippen MR) is 54.9 cm³/mol. The van der Waals surface area contributed by atoms with Gasteiger partial charge in [-0.25, -0.2) is 4.79 Å². The number of nitrogen functional groups attached to an aromatic ring is 1. The van der Waals surface area contributed by atoms with E-state index >= 15 is 0 Å². The van der Waals surface area contributed by atoms with Crippen LogP contribution in [0, 0.1) is 0 Å². The molecule has 17 heavy (non-hydrogen) atoms. The van der Waals surface area contributed by atoms with Crippen LogP contribution in [-0.2, 0) is 9.53 Å². The van der Waals surface area contributed by atoms with Crippen LogP contribution in [0.5, 0.6) is 0 Å². The second-order valence-electron chi connectivity index (χ2n) is 3.65. The van der Waals surface area contributed by atoms with Crippen molar-refractivity contribution in [2.45, 2.75) is 24.5 Å². The maximum Gasteiger partial charge on any atom is 0.351 e. The molecule has 1 aliphatic heterocycles. The smallest absolute Gasteiger partial charge is 0.351 e. The van der Waals surface area contributed by atoms with E-state index in [9.17, 15) is 19.8 Å². The Morgan fingerprint density at radius 2 is 2.18 bits per heavy atom. The zero-order valence-corrected chi connectivity index (χ0v) is 8.63. The van der Waals surface area contributed by atoms with E-state index in [1.165, 1.54) is 12.3 Å². The van der Waals surface area contributed by atoms with Crippen LogP contribution in [-0.4, -0.2) is 44.4 Å². The molecule has 1 aliphatic rings. The number of rotatable bonds is 2. The molecule has 1 aromatic rings. The second kappa shape index (κ2) is 4.24. The summed E-state index contributed by atoms with van der Waals surface area (Å²) in [5.41, 5.74) is 4.58. The van der Waals surface area contributed by atoms with Gasteiger partial charge in [0.05, 0.1) is 0 Å². The maximum atomic E-state index is 11.5. The third kappa shape index (κ3) is 1.93. The third-order valence-electron chi connectivity index (χ3n) is 2.54. The molecule has 92 valence electrons. The maximum absolute atomic E-state index is 11.5. The van der Waals surface area contributed by atoms with Crippen LogP contribution in [0.1, 0.15) is 6.23 Å². The van der Waals surface area contributed by atoms with Crippen molar-refractivity contribution in [2.24, 2.45) is 0 Å². The van der Waals surface area contributed by atoms with Crippen molar-refractivity contribution in [3.05, 3.63) is 22.7 Å².